The van der Waals surface area contributed by atoms with Crippen LogP contribution in [0.1, 0.15) is 10.4 Å². The van der Waals surface area contributed by atoms with Crippen LogP contribution in [0.3, 0.4) is 0 Å². The van der Waals surface area contributed by atoms with E-state index >= 15 is 0 Å². The maximum absolute atomic E-state index is 12.2. The van der Waals surface area contributed by atoms with Gasteiger partial charge in [-0.1, -0.05) is 18.2 Å². The van der Waals surface area contributed by atoms with E-state index in [2.05, 4.69) is 10.2 Å². The lowest BCUT2D eigenvalue weighted by molar-refractivity contribution is 0.0149. The number of rotatable bonds is 5. The van der Waals surface area contributed by atoms with Crippen LogP contribution in [0, 0.1) is 0 Å². The van der Waals surface area contributed by atoms with E-state index in [1.54, 1.807) is 0 Å². The van der Waals surface area contributed by atoms with Crippen LogP contribution in [0.5, 0.6) is 0 Å². The van der Waals surface area contributed by atoms with Crippen LogP contribution in [-0.4, -0.2) is 61.4 Å². The summed E-state index contributed by atoms with van der Waals surface area (Å²) in [7, 11) is 0. The fourth-order valence-corrected chi connectivity index (χ4v) is 2.61. The van der Waals surface area contributed by atoms with Gasteiger partial charge in [0.2, 0.25) is 0 Å². The third-order valence-corrected chi connectivity index (χ3v) is 3.80. The third-order valence-electron chi connectivity index (χ3n) is 3.80. The van der Waals surface area contributed by atoms with E-state index in [1.807, 2.05) is 24.3 Å². The molecule has 6 nitrogen and oxygen atoms in total. The van der Waals surface area contributed by atoms with Crippen molar-refractivity contribution in [2.24, 2.45) is 0 Å². The number of ether oxygens (including phenoxy) is 1. The predicted octanol–water partition coefficient (Wildman–Crippen LogP) is 0.856. The molecule has 3 rings (SSSR count). The Morgan fingerprint density at radius 2 is 2.09 bits per heavy atom. The van der Waals surface area contributed by atoms with Crippen molar-refractivity contribution in [1.82, 2.24) is 10.2 Å². The lowest BCUT2D eigenvalue weighted by atomic mass is 10.1. The van der Waals surface area contributed by atoms with E-state index in [4.69, 9.17) is 9.15 Å². The molecule has 0 spiro atoms. The number of carbonyl (C=O) groups excluding carboxylic acids is 1. The first-order valence-electron chi connectivity index (χ1n) is 7.46. The van der Waals surface area contributed by atoms with Gasteiger partial charge in [-0.15, -0.1) is 0 Å². The van der Waals surface area contributed by atoms with E-state index in [0.29, 0.717) is 30.9 Å². The lowest BCUT2D eigenvalue weighted by Crippen LogP contribution is -2.44. The van der Waals surface area contributed by atoms with Crippen LogP contribution in [0.25, 0.3) is 11.0 Å². The molecular formula is C16H20N2O4. The van der Waals surface area contributed by atoms with Crippen molar-refractivity contribution < 1.29 is 19.1 Å². The quantitative estimate of drug-likeness (QED) is 0.857. The molecule has 2 aromatic rings. The van der Waals surface area contributed by atoms with Gasteiger partial charge in [-0.3, -0.25) is 9.69 Å². The molecule has 0 unspecified atom stereocenters. The van der Waals surface area contributed by atoms with Crippen molar-refractivity contribution in [3.63, 3.8) is 0 Å². The number of aliphatic hydroxyl groups excluding tert-OH is 1. The normalized spacial score (nSPS) is 17.5. The topological polar surface area (TPSA) is 74.9 Å². The van der Waals surface area contributed by atoms with Gasteiger partial charge in [-0.25, -0.2) is 0 Å². The van der Waals surface area contributed by atoms with Gasteiger partial charge in [0.1, 0.15) is 11.8 Å². The van der Waals surface area contributed by atoms with E-state index in [1.165, 1.54) is 6.26 Å². The smallest absolute Gasteiger partial charge is 0.255 e. The van der Waals surface area contributed by atoms with Crippen molar-refractivity contribution in [3.8, 4) is 0 Å². The minimum atomic E-state index is -0.597. The molecule has 0 saturated carbocycles. The number of benzene rings is 1. The number of para-hydroxylation sites is 1. The minimum absolute atomic E-state index is 0.218. The Bertz CT molecular complexity index is 634. The molecule has 22 heavy (non-hydrogen) atoms. The Hall–Kier alpha value is -1.89. The zero-order valence-electron chi connectivity index (χ0n) is 12.3. The van der Waals surface area contributed by atoms with Crippen LogP contribution in [0.2, 0.25) is 0 Å². The number of fused-ring (bicyclic) bond motifs is 1. The minimum Gasteiger partial charge on any atom is -0.463 e. The average Bonchev–Trinajstić information content (AvgIpc) is 2.98. The number of nitrogens with one attached hydrogen (secondary N) is 1. The second-order valence-electron chi connectivity index (χ2n) is 5.42. The fourth-order valence-electron chi connectivity index (χ4n) is 2.61. The van der Waals surface area contributed by atoms with Gasteiger partial charge in [0, 0.05) is 31.6 Å². The zero-order chi connectivity index (χ0) is 15.4. The van der Waals surface area contributed by atoms with E-state index in [9.17, 15) is 9.90 Å². The first-order valence-corrected chi connectivity index (χ1v) is 7.46. The van der Waals surface area contributed by atoms with Gasteiger partial charge in [-0.2, -0.15) is 0 Å². The Morgan fingerprint density at radius 1 is 1.32 bits per heavy atom. The van der Waals surface area contributed by atoms with Crippen LogP contribution >= 0.6 is 0 Å². The average molecular weight is 304 g/mol. The number of hydrogen-bond donors (Lipinski definition) is 2. The van der Waals surface area contributed by atoms with Gasteiger partial charge in [0.05, 0.1) is 24.9 Å². The van der Waals surface area contributed by atoms with Crippen molar-refractivity contribution in [2.75, 3.05) is 39.4 Å². The number of β-amino-alcohol motifs (C(OH)–C–C–N with tert-alkyl or cyclic N) is 1. The van der Waals surface area contributed by atoms with Gasteiger partial charge in [0.25, 0.3) is 5.91 Å². The molecule has 0 bridgehead atoms. The summed E-state index contributed by atoms with van der Waals surface area (Å²) in [6.45, 7) is 3.78. The lowest BCUT2D eigenvalue weighted by Gasteiger charge is -2.28. The molecule has 1 aromatic heterocycles. The summed E-state index contributed by atoms with van der Waals surface area (Å²) < 4.78 is 10.6. The number of hydrogen-bond acceptors (Lipinski definition) is 5. The molecule has 0 aliphatic carbocycles. The highest BCUT2D eigenvalue weighted by Crippen LogP contribution is 2.20. The molecule has 1 saturated heterocycles. The summed E-state index contributed by atoms with van der Waals surface area (Å²) in [6, 6.07) is 7.39. The molecule has 2 heterocycles. The SMILES string of the molecule is O=C(NC[C@@H](O)CN1CCOCC1)c1coc2ccccc12. The maximum atomic E-state index is 12.2. The number of morpholine rings is 1. The molecule has 1 fully saturated rings. The number of furan rings is 1. The monoisotopic (exact) mass is 304 g/mol. The molecule has 1 aliphatic heterocycles. The molecular weight excluding hydrogens is 284 g/mol. The molecule has 1 amide bonds. The van der Waals surface area contributed by atoms with Gasteiger partial charge >= 0.3 is 0 Å². The molecule has 1 aliphatic rings. The Morgan fingerprint density at radius 3 is 2.91 bits per heavy atom. The van der Waals surface area contributed by atoms with Crippen molar-refractivity contribution >= 4 is 16.9 Å². The van der Waals surface area contributed by atoms with E-state index < -0.39 is 6.10 Å². The first kappa shape index (κ1) is 15.0. The van der Waals surface area contributed by atoms with Crippen molar-refractivity contribution in [1.29, 1.82) is 0 Å². The van der Waals surface area contributed by atoms with Gasteiger partial charge < -0.3 is 19.6 Å². The molecule has 6 heteroatoms. The summed E-state index contributed by atoms with van der Waals surface area (Å²) in [5.74, 6) is -0.231. The Kier molecular flexibility index (Phi) is 4.72. The van der Waals surface area contributed by atoms with E-state index in [-0.39, 0.29) is 12.5 Å². The number of carbonyl (C=O) groups is 1. The Labute approximate surface area is 128 Å². The van der Waals surface area contributed by atoms with E-state index in [0.717, 1.165) is 18.5 Å². The maximum Gasteiger partial charge on any atom is 0.255 e. The molecule has 0 radical (unpaired) electrons. The highest BCUT2D eigenvalue weighted by molar-refractivity contribution is 6.05. The highest BCUT2D eigenvalue weighted by atomic mass is 16.5. The summed E-state index contributed by atoms with van der Waals surface area (Å²) in [4.78, 5) is 14.3. The summed E-state index contributed by atoms with van der Waals surface area (Å²) in [6.07, 6.45) is 0.856. The molecule has 2 N–H and O–H groups in total. The molecule has 1 atom stereocenters. The van der Waals surface area contributed by atoms with Crippen LogP contribution in [0.4, 0.5) is 0 Å². The standard InChI is InChI=1S/C16H20N2O4/c19-12(10-18-5-7-21-8-6-18)9-17-16(20)14-11-22-15-4-2-1-3-13(14)15/h1-4,11-12,19H,5-10H2,(H,17,20)/t12-/m1/s1. The van der Waals surface area contributed by atoms with Crippen molar-refractivity contribution in [3.05, 3.63) is 36.1 Å². The third kappa shape index (κ3) is 3.47. The fraction of sp³-hybridized carbons (Fsp3) is 0.438. The highest BCUT2D eigenvalue weighted by Gasteiger charge is 2.17. The molecule has 1 aromatic carbocycles. The largest absolute Gasteiger partial charge is 0.463 e. The van der Waals surface area contributed by atoms with Crippen LogP contribution in [0.15, 0.2) is 34.9 Å². The number of aliphatic hydroxyl groups is 1. The summed E-state index contributed by atoms with van der Waals surface area (Å²) in [5, 5.41) is 13.6. The second-order valence-corrected chi connectivity index (χ2v) is 5.42. The van der Waals surface area contributed by atoms with Crippen molar-refractivity contribution in [2.45, 2.75) is 6.10 Å². The van der Waals surface area contributed by atoms with Crippen LogP contribution < -0.4 is 5.32 Å². The first-order chi connectivity index (χ1) is 10.7. The Balaban J connectivity index is 1.53. The zero-order valence-corrected chi connectivity index (χ0v) is 12.3. The summed E-state index contributed by atoms with van der Waals surface area (Å²) in [5.41, 5.74) is 1.18. The summed E-state index contributed by atoms with van der Waals surface area (Å²) >= 11 is 0. The number of nitrogens with zero attached hydrogens (tertiary/aromatic N) is 1. The number of amides is 1. The molecule has 118 valence electrons. The second kappa shape index (κ2) is 6.91. The van der Waals surface area contributed by atoms with Gasteiger partial charge in [0.15, 0.2) is 0 Å². The predicted molar refractivity (Wildman–Crippen MR) is 81.8 cm³/mol. The van der Waals surface area contributed by atoms with Crippen LogP contribution in [-0.2, 0) is 4.74 Å². The van der Waals surface area contributed by atoms with Gasteiger partial charge in [-0.05, 0) is 6.07 Å².